The van der Waals surface area contributed by atoms with Gasteiger partial charge in [-0.25, -0.2) is 9.89 Å². The fourth-order valence-electron chi connectivity index (χ4n) is 1.30. The van der Waals surface area contributed by atoms with Crippen molar-refractivity contribution in [3.63, 3.8) is 0 Å². The van der Waals surface area contributed by atoms with Gasteiger partial charge in [-0.15, -0.1) is 11.8 Å². The number of fused-ring (bicyclic) bond motifs is 1. The van der Waals surface area contributed by atoms with Crippen LogP contribution in [0.4, 0.5) is 0 Å². The van der Waals surface area contributed by atoms with E-state index in [1.807, 2.05) is 13.0 Å². The highest BCUT2D eigenvalue weighted by atomic mass is 32.2. The predicted octanol–water partition coefficient (Wildman–Crippen LogP) is 0.281. The molecule has 0 amide bonds. The van der Waals surface area contributed by atoms with Gasteiger partial charge in [0.1, 0.15) is 5.03 Å². The molecule has 0 radical (unpaired) electrons. The lowest BCUT2D eigenvalue weighted by molar-refractivity contribution is 0.289. The SMILES string of the molecule is CC(CCO)Sc1ccc2n[nH]c(=O)n2n1. The van der Waals surface area contributed by atoms with Crippen molar-refractivity contribution in [2.75, 3.05) is 6.61 Å². The van der Waals surface area contributed by atoms with E-state index in [-0.39, 0.29) is 17.5 Å². The highest BCUT2D eigenvalue weighted by molar-refractivity contribution is 7.99. The summed E-state index contributed by atoms with van der Waals surface area (Å²) in [5, 5.41) is 20.1. The molecule has 0 spiro atoms. The third kappa shape index (κ3) is 2.25. The second-order valence-corrected chi connectivity index (χ2v) is 4.87. The van der Waals surface area contributed by atoms with Crippen molar-refractivity contribution in [2.45, 2.75) is 23.6 Å². The molecule has 6 nitrogen and oxygen atoms in total. The van der Waals surface area contributed by atoms with E-state index in [9.17, 15) is 4.79 Å². The second-order valence-electron chi connectivity index (χ2n) is 3.41. The number of hydrogen-bond donors (Lipinski definition) is 2. The fourth-order valence-corrected chi connectivity index (χ4v) is 2.21. The molecule has 16 heavy (non-hydrogen) atoms. The molecule has 0 fully saturated rings. The zero-order valence-electron chi connectivity index (χ0n) is 8.75. The van der Waals surface area contributed by atoms with Crippen molar-refractivity contribution in [1.29, 1.82) is 0 Å². The average molecular weight is 240 g/mol. The van der Waals surface area contributed by atoms with Crippen molar-refractivity contribution in [3.8, 4) is 0 Å². The van der Waals surface area contributed by atoms with Gasteiger partial charge >= 0.3 is 5.69 Å². The van der Waals surface area contributed by atoms with Crippen molar-refractivity contribution in [2.24, 2.45) is 0 Å². The number of rotatable bonds is 4. The van der Waals surface area contributed by atoms with Crippen LogP contribution in [0.3, 0.4) is 0 Å². The standard InChI is InChI=1S/C9H12N4O2S/c1-6(4-5-14)16-8-3-2-7-10-11-9(15)13(7)12-8/h2-3,6,14H,4-5H2,1H3,(H,11,15). The van der Waals surface area contributed by atoms with Crippen molar-refractivity contribution in [1.82, 2.24) is 19.8 Å². The topological polar surface area (TPSA) is 83.3 Å². The molecule has 0 aliphatic carbocycles. The largest absolute Gasteiger partial charge is 0.396 e. The molecule has 0 saturated carbocycles. The summed E-state index contributed by atoms with van der Waals surface area (Å²) in [5.74, 6) is 0. The molecule has 2 aromatic heterocycles. The molecule has 0 aliphatic heterocycles. The first-order chi connectivity index (χ1) is 7.70. The molecule has 1 atom stereocenters. The summed E-state index contributed by atoms with van der Waals surface area (Å²) in [6, 6.07) is 3.55. The Labute approximate surface area is 95.7 Å². The zero-order valence-corrected chi connectivity index (χ0v) is 9.57. The first-order valence-corrected chi connectivity index (χ1v) is 5.80. The Morgan fingerprint density at radius 1 is 1.62 bits per heavy atom. The van der Waals surface area contributed by atoms with Gasteiger partial charge in [0, 0.05) is 11.9 Å². The molecule has 7 heteroatoms. The van der Waals surface area contributed by atoms with Crippen molar-refractivity contribution >= 4 is 17.4 Å². The number of aromatic amines is 1. The molecule has 1 unspecified atom stereocenters. The van der Waals surface area contributed by atoms with Crippen LogP contribution in [0.1, 0.15) is 13.3 Å². The van der Waals surface area contributed by atoms with Gasteiger partial charge in [0.25, 0.3) is 0 Å². The normalized spacial score (nSPS) is 13.1. The lowest BCUT2D eigenvalue weighted by Gasteiger charge is -2.07. The van der Waals surface area contributed by atoms with Gasteiger partial charge in [-0.1, -0.05) is 6.92 Å². The second kappa shape index (κ2) is 4.67. The van der Waals surface area contributed by atoms with E-state index in [0.717, 1.165) is 5.03 Å². The minimum Gasteiger partial charge on any atom is -0.396 e. The fraction of sp³-hybridized carbons (Fsp3) is 0.444. The summed E-state index contributed by atoms with van der Waals surface area (Å²) in [6.45, 7) is 2.16. The number of thioether (sulfide) groups is 1. The summed E-state index contributed by atoms with van der Waals surface area (Å²) in [7, 11) is 0. The van der Waals surface area contributed by atoms with E-state index in [4.69, 9.17) is 5.11 Å². The summed E-state index contributed by atoms with van der Waals surface area (Å²) in [4.78, 5) is 11.3. The molecule has 0 bridgehead atoms. The van der Waals surface area contributed by atoms with E-state index in [2.05, 4.69) is 15.3 Å². The Hall–Kier alpha value is -1.34. The maximum Gasteiger partial charge on any atom is 0.364 e. The summed E-state index contributed by atoms with van der Waals surface area (Å²) >= 11 is 1.52. The lowest BCUT2D eigenvalue weighted by Crippen LogP contribution is -2.12. The van der Waals surface area contributed by atoms with Crippen LogP contribution < -0.4 is 5.69 Å². The number of nitrogens with one attached hydrogen (secondary N) is 1. The number of H-pyrrole nitrogens is 1. The number of aromatic nitrogens is 4. The van der Waals surface area contributed by atoms with Gasteiger partial charge in [0.2, 0.25) is 0 Å². The van der Waals surface area contributed by atoms with Gasteiger partial charge in [0.05, 0.1) is 0 Å². The first-order valence-electron chi connectivity index (χ1n) is 4.92. The maximum absolute atomic E-state index is 11.3. The Balaban J connectivity index is 2.25. The van der Waals surface area contributed by atoms with E-state index in [0.29, 0.717) is 12.1 Å². The molecule has 2 heterocycles. The summed E-state index contributed by atoms with van der Waals surface area (Å²) in [5.41, 5.74) is 0.163. The molecule has 0 aliphatic rings. The van der Waals surface area contributed by atoms with Crippen LogP contribution in [0.5, 0.6) is 0 Å². The van der Waals surface area contributed by atoms with Crippen molar-refractivity contribution < 1.29 is 5.11 Å². The molecule has 0 saturated heterocycles. The minimum absolute atomic E-state index is 0.155. The van der Waals surface area contributed by atoms with E-state index in [1.165, 1.54) is 16.3 Å². The van der Waals surface area contributed by atoms with Crippen LogP contribution in [-0.2, 0) is 0 Å². The Morgan fingerprint density at radius 2 is 2.44 bits per heavy atom. The number of nitrogens with zero attached hydrogens (tertiary/aromatic N) is 3. The van der Waals surface area contributed by atoms with Crippen molar-refractivity contribution in [3.05, 3.63) is 22.6 Å². The Bertz CT molecular complexity index is 536. The van der Waals surface area contributed by atoms with Crippen LogP contribution in [0.2, 0.25) is 0 Å². The van der Waals surface area contributed by atoms with Gasteiger partial charge in [-0.3, -0.25) is 0 Å². The van der Waals surface area contributed by atoms with Crippen LogP contribution in [0.15, 0.2) is 22.0 Å². The van der Waals surface area contributed by atoms with Gasteiger partial charge in [0.15, 0.2) is 5.65 Å². The maximum atomic E-state index is 11.3. The molecule has 2 N–H and O–H groups in total. The lowest BCUT2D eigenvalue weighted by atomic mass is 10.3. The molecule has 2 rings (SSSR count). The molecule has 86 valence electrons. The predicted molar refractivity (Wildman–Crippen MR) is 60.6 cm³/mol. The number of aliphatic hydroxyl groups is 1. The third-order valence-corrected chi connectivity index (χ3v) is 3.20. The third-order valence-electron chi connectivity index (χ3n) is 2.11. The van der Waals surface area contributed by atoms with E-state index < -0.39 is 0 Å². The monoisotopic (exact) mass is 240 g/mol. The quantitative estimate of drug-likeness (QED) is 0.750. The minimum atomic E-state index is -0.340. The highest BCUT2D eigenvalue weighted by Gasteiger charge is 2.07. The van der Waals surface area contributed by atoms with Gasteiger partial charge in [-0.05, 0) is 18.6 Å². The summed E-state index contributed by atoms with van der Waals surface area (Å²) in [6.07, 6.45) is 0.699. The molecular formula is C9H12N4O2S. The smallest absolute Gasteiger partial charge is 0.364 e. The molecular weight excluding hydrogens is 228 g/mol. The Morgan fingerprint density at radius 3 is 3.19 bits per heavy atom. The van der Waals surface area contributed by atoms with Crippen LogP contribution in [0.25, 0.3) is 5.65 Å². The van der Waals surface area contributed by atoms with Crippen LogP contribution in [0, 0.1) is 0 Å². The summed E-state index contributed by atoms with van der Waals surface area (Å²) < 4.78 is 1.23. The van der Waals surface area contributed by atoms with E-state index >= 15 is 0 Å². The average Bonchev–Trinajstić information content (AvgIpc) is 2.61. The number of aliphatic hydroxyl groups excluding tert-OH is 1. The molecule has 2 aromatic rings. The zero-order chi connectivity index (χ0) is 11.5. The first kappa shape index (κ1) is 11.2. The Kier molecular flexibility index (Phi) is 3.25. The van der Waals surface area contributed by atoms with Gasteiger partial charge in [-0.2, -0.15) is 14.7 Å². The highest BCUT2D eigenvalue weighted by Crippen LogP contribution is 2.22. The van der Waals surface area contributed by atoms with Gasteiger partial charge < -0.3 is 5.11 Å². The van der Waals surface area contributed by atoms with Crippen LogP contribution >= 0.6 is 11.8 Å². The number of hydrogen-bond acceptors (Lipinski definition) is 5. The van der Waals surface area contributed by atoms with E-state index in [1.54, 1.807) is 6.07 Å². The molecule has 0 aromatic carbocycles. The van der Waals surface area contributed by atoms with Crippen LogP contribution in [-0.4, -0.2) is 36.8 Å².